The smallest absolute Gasteiger partial charge is 0.341 e. The van der Waals surface area contributed by atoms with Gasteiger partial charge in [0, 0.05) is 10.4 Å². The fraction of sp³-hybridized carbons (Fsp3) is 0.370. The Labute approximate surface area is 228 Å². The number of nitrogens with zero attached hydrogens (tertiary/aromatic N) is 2. The van der Waals surface area contributed by atoms with Crippen LogP contribution in [0, 0.1) is 11.3 Å². The van der Waals surface area contributed by atoms with E-state index in [-0.39, 0.29) is 28.9 Å². The predicted octanol–water partition coefficient (Wildman–Crippen LogP) is 4.94. The van der Waals surface area contributed by atoms with Gasteiger partial charge in [-0.1, -0.05) is 18.7 Å². The zero-order valence-electron chi connectivity index (χ0n) is 21.4. The highest BCUT2D eigenvalue weighted by molar-refractivity contribution is 8.00. The van der Waals surface area contributed by atoms with Crippen molar-refractivity contribution in [3.05, 3.63) is 56.2 Å². The van der Waals surface area contributed by atoms with Crippen LogP contribution in [0.2, 0.25) is 0 Å². The molecule has 4 rings (SSSR count). The van der Waals surface area contributed by atoms with Gasteiger partial charge in [0.1, 0.15) is 22.4 Å². The average molecular weight is 553 g/mol. The normalized spacial score (nSPS) is 13.2. The number of aromatic nitrogens is 2. The van der Waals surface area contributed by atoms with Crippen LogP contribution in [-0.4, -0.2) is 40.8 Å². The van der Waals surface area contributed by atoms with Gasteiger partial charge in [-0.15, -0.1) is 11.3 Å². The van der Waals surface area contributed by atoms with Crippen LogP contribution in [0.3, 0.4) is 0 Å². The number of amides is 1. The Balaban J connectivity index is 1.61. The van der Waals surface area contributed by atoms with E-state index in [1.165, 1.54) is 11.3 Å². The van der Waals surface area contributed by atoms with Gasteiger partial charge in [-0.2, -0.15) is 5.26 Å². The summed E-state index contributed by atoms with van der Waals surface area (Å²) in [7, 11) is 1.55. The molecule has 0 saturated carbocycles. The molecule has 198 valence electrons. The molecule has 0 fully saturated rings. The number of thiophene rings is 1. The average Bonchev–Trinajstić information content (AvgIpc) is 3.29. The zero-order valence-corrected chi connectivity index (χ0v) is 23.0. The highest BCUT2D eigenvalue weighted by atomic mass is 32.2. The Morgan fingerprint density at radius 1 is 1.24 bits per heavy atom. The van der Waals surface area contributed by atoms with Gasteiger partial charge in [0.2, 0.25) is 5.91 Å². The summed E-state index contributed by atoms with van der Waals surface area (Å²) >= 11 is 2.53. The molecule has 0 aliphatic heterocycles. The molecular weight excluding hydrogens is 524 g/mol. The number of esters is 1. The second kappa shape index (κ2) is 12.3. The zero-order chi connectivity index (χ0) is 27.2. The summed E-state index contributed by atoms with van der Waals surface area (Å²) in [4.78, 5) is 47.1. The molecule has 2 aromatic heterocycles. The summed E-state index contributed by atoms with van der Waals surface area (Å²) in [5, 5.41) is 12.6. The third-order valence-electron chi connectivity index (χ3n) is 6.18. The number of aromatic amines is 1. The highest BCUT2D eigenvalue weighted by Gasteiger charge is 2.29. The summed E-state index contributed by atoms with van der Waals surface area (Å²) in [6.45, 7) is 3.86. The number of hydrogen-bond donors (Lipinski definition) is 2. The number of ether oxygens (including phenoxy) is 2. The number of methoxy groups -OCH3 is 1. The van der Waals surface area contributed by atoms with Gasteiger partial charge in [-0.05, 0) is 68.9 Å². The Morgan fingerprint density at radius 3 is 2.63 bits per heavy atom. The van der Waals surface area contributed by atoms with E-state index in [0.717, 1.165) is 47.9 Å². The van der Waals surface area contributed by atoms with Crippen LogP contribution in [0.25, 0.3) is 11.3 Å². The molecule has 1 aromatic carbocycles. The lowest BCUT2D eigenvalue weighted by Crippen LogP contribution is -2.26. The van der Waals surface area contributed by atoms with Crippen LogP contribution < -0.4 is 15.6 Å². The van der Waals surface area contributed by atoms with Crippen LogP contribution in [0.4, 0.5) is 5.00 Å². The molecule has 1 atom stereocenters. The number of rotatable bonds is 9. The first kappa shape index (κ1) is 27.4. The van der Waals surface area contributed by atoms with Crippen molar-refractivity contribution >= 4 is 40.0 Å². The summed E-state index contributed by atoms with van der Waals surface area (Å²) in [5.74, 6) is -0.100. The number of H-pyrrole nitrogens is 1. The van der Waals surface area contributed by atoms with Crippen LogP contribution in [0.15, 0.2) is 34.2 Å². The standard InChI is InChI=1S/C27H28N4O5S2/c1-4-19(24(33)30-25-21(26(34)36-5-2)17-8-6-7-9-20(17)37-25)38-27-29-22(18(14-28)23(32)31-27)15-10-12-16(35-3)13-11-15/h10-13,19H,4-9H2,1-3H3,(H,30,33)(H,29,31,32)/t19-/m0/s1. The van der Waals surface area contributed by atoms with Crippen molar-refractivity contribution in [2.75, 3.05) is 19.0 Å². The van der Waals surface area contributed by atoms with E-state index in [1.54, 1.807) is 38.3 Å². The van der Waals surface area contributed by atoms with Gasteiger partial charge in [0.05, 0.1) is 30.2 Å². The topological polar surface area (TPSA) is 134 Å². The molecule has 11 heteroatoms. The third kappa shape index (κ3) is 5.76. The third-order valence-corrected chi connectivity index (χ3v) is 8.63. The number of nitrogens with one attached hydrogen (secondary N) is 2. The summed E-state index contributed by atoms with van der Waals surface area (Å²) in [6, 6.07) is 8.80. The number of benzene rings is 1. The van der Waals surface area contributed by atoms with Crippen molar-refractivity contribution in [1.29, 1.82) is 5.26 Å². The number of carbonyl (C=O) groups is 2. The van der Waals surface area contributed by atoms with Crippen LogP contribution in [-0.2, 0) is 22.4 Å². The maximum atomic E-state index is 13.4. The molecule has 0 bridgehead atoms. The van der Waals surface area contributed by atoms with E-state index >= 15 is 0 Å². The van der Waals surface area contributed by atoms with Crippen LogP contribution in [0.1, 0.15) is 59.5 Å². The maximum absolute atomic E-state index is 13.4. The first-order chi connectivity index (χ1) is 18.4. The second-order valence-electron chi connectivity index (χ2n) is 8.57. The molecule has 1 aliphatic rings. The minimum Gasteiger partial charge on any atom is -0.497 e. The van der Waals surface area contributed by atoms with E-state index in [2.05, 4.69) is 15.3 Å². The molecule has 3 aromatic rings. The Hall–Kier alpha value is -3.62. The first-order valence-electron chi connectivity index (χ1n) is 12.4. The number of fused-ring (bicyclic) bond motifs is 1. The van der Waals surface area contributed by atoms with Crippen LogP contribution in [0.5, 0.6) is 5.75 Å². The molecule has 0 spiro atoms. The Bertz CT molecular complexity index is 1440. The van der Waals surface area contributed by atoms with Gasteiger partial charge < -0.3 is 19.8 Å². The van der Waals surface area contributed by atoms with Gasteiger partial charge in [0.15, 0.2) is 5.16 Å². The Morgan fingerprint density at radius 2 is 1.97 bits per heavy atom. The monoisotopic (exact) mass is 552 g/mol. The molecule has 9 nitrogen and oxygen atoms in total. The van der Waals surface area contributed by atoms with Gasteiger partial charge in [-0.25, -0.2) is 9.78 Å². The molecule has 0 saturated heterocycles. The largest absolute Gasteiger partial charge is 0.497 e. The van der Waals surface area contributed by atoms with Crippen molar-refractivity contribution in [3.63, 3.8) is 0 Å². The summed E-state index contributed by atoms with van der Waals surface area (Å²) in [6.07, 6.45) is 4.14. The molecule has 0 radical (unpaired) electrons. The number of anilines is 1. The number of hydrogen-bond acceptors (Lipinski definition) is 9. The molecule has 1 aliphatic carbocycles. The van der Waals surface area contributed by atoms with Crippen molar-refractivity contribution in [2.24, 2.45) is 0 Å². The lowest BCUT2D eigenvalue weighted by molar-refractivity contribution is -0.115. The molecule has 38 heavy (non-hydrogen) atoms. The van der Waals surface area contributed by atoms with Crippen molar-refractivity contribution < 1.29 is 19.1 Å². The van der Waals surface area contributed by atoms with Gasteiger partial charge >= 0.3 is 5.97 Å². The van der Waals surface area contributed by atoms with E-state index in [0.29, 0.717) is 28.3 Å². The van der Waals surface area contributed by atoms with E-state index < -0.39 is 16.8 Å². The molecule has 0 unspecified atom stereocenters. The molecule has 1 amide bonds. The molecule has 2 heterocycles. The summed E-state index contributed by atoms with van der Waals surface area (Å²) < 4.78 is 10.5. The fourth-order valence-electron chi connectivity index (χ4n) is 4.29. The molecular formula is C27H28N4O5S2. The van der Waals surface area contributed by atoms with Crippen molar-refractivity contribution in [3.8, 4) is 23.1 Å². The lowest BCUT2D eigenvalue weighted by Gasteiger charge is -2.15. The SMILES string of the molecule is CCOC(=O)c1c(NC(=O)[C@H](CC)Sc2nc(-c3ccc(OC)cc3)c(C#N)c(=O)[nH]2)sc2c1CCCC2. The second-order valence-corrected chi connectivity index (χ2v) is 10.9. The number of nitriles is 1. The maximum Gasteiger partial charge on any atom is 0.341 e. The number of thioether (sulfide) groups is 1. The van der Waals surface area contributed by atoms with Gasteiger partial charge in [0.25, 0.3) is 5.56 Å². The molecule has 2 N–H and O–H groups in total. The van der Waals surface area contributed by atoms with Gasteiger partial charge in [-0.3, -0.25) is 9.59 Å². The lowest BCUT2D eigenvalue weighted by atomic mass is 9.95. The minimum absolute atomic E-state index is 0.111. The fourth-order valence-corrected chi connectivity index (χ4v) is 6.47. The predicted molar refractivity (Wildman–Crippen MR) is 147 cm³/mol. The minimum atomic E-state index is -0.607. The van der Waals surface area contributed by atoms with Crippen LogP contribution >= 0.6 is 23.1 Å². The Kier molecular flexibility index (Phi) is 8.86. The quantitative estimate of drug-likeness (QED) is 0.216. The van der Waals surface area contributed by atoms with E-state index in [1.807, 2.05) is 13.0 Å². The van der Waals surface area contributed by atoms with Crippen molar-refractivity contribution in [1.82, 2.24) is 9.97 Å². The number of aryl methyl sites for hydroxylation is 1. The first-order valence-corrected chi connectivity index (χ1v) is 14.1. The number of carbonyl (C=O) groups excluding carboxylic acids is 2. The van der Waals surface area contributed by atoms with E-state index in [9.17, 15) is 19.6 Å². The van der Waals surface area contributed by atoms with E-state index in [4.69, 9.17) is 9.47 Å². The van der Waals surface area contributed by atoms with Crippen molar-refractivity contribution in [2.45, 2.75) is 56.4 Å². The highest BCUT2D eigenvalue weighted by Crippen LogP contribution is 2.39. The summed E-state index contributed by atoms with van der Waals surface area (Å²) in [5.41, 5.74) is 1.54.